The number of halogens is 1. The van der Waals surface area contributed by atoms with Gasteiger partial charge in [0.2, 0.25) is 0 Å². The Morgan fingerprint density at radius 3 is 2.82 bits per heavy atom. The second-order valence-corrected chi connectivity index (χ2v) is 10.4. The zero-order valence-corrected chi connectivity index (χ0v) is 21.7. The predicted molar refractivity (Wildman–Crippen MR) is 146 cm³/mol. The summed E-state index contributed by atoms with van der Waals surface area (Å²) in [7, 11) is 0. The number of nitrogens with zero attached hydrogens (tertiary/aromatic N) is 7. The van der Waals surface area contributed by atoms with Crippen LogP contribution in [0.2, 0.25) is 0 Å². The molecule has 0 saturated carbocycles. The summed E-state index contributed by atoms with van der Waals surface area (Å²) in [5.74, 6) is -0.433. The molecule has 3 aromatic heterocycles. The van der Waals surface area contributed by atoms with E-state index in [9.17, 15) is 9.65 Å². The lowest BCUT2D eigenvalue weighted by Gasteiger charge is -2.34. The molecule has 0 spiro atoms. The van der Waals surface area contributed by atoms with E-state index >= 15 is 0 Å². The molecule has 39 heavy (non-hydrogen) atoms. The largest absolute Gasteiger partial charge is 0.371 e. The predicted octanol–water partition coefficient (Wildman–Crippen LogP) is 4.85. The average Bonchev–Trinajstić information content (AvgIpc) is 3.54. The number of benzene rings is 2. The van der Waals surface area contributed by atoms with Crippen molar-refractivity contribution in [3.05, 3.63) is 95.2 Å². The van der Waals surface area contributed by atoms with Gasteiger partial charge in [-0.3, -0.25) is 9.58 Å². The maximum Gasteiger partial charge on any atom is 0.171 e. The maximum atomic E-state index is 14.8. The molecule has 1 fully saturated rings. The number of hydrogen-bond acceptors (Lipinski definition) is 6. The fraction of sp³-hybridized carbons (Fsp3) is 0.300. The second kappa shape index (κ2) is 9.49. The highest BCUT2D eigenvalue weighted by atomic mass is 19.1. The van der Waals surface area contributed by atoms with Gasteiger partial charge in [0.05, 0.1) is 48.4 Å². The lowest BCUT2D eigenvalue weighted by Crippen LogP contribution is -2.37. The van der Waals surface area contributed by atoms with Crippen LogP contribution in [0.3, 0.4) is 0 Å². The van der Waals surface area contributed by atoms with Gasteiger partial charge < -0.3 is 9.64 Å². The second-order valence-electron chi connectivity index (χ2n) is 10.4. The molecule has 1 saturated heterocycles. The van der Waals surface area contributed by atoms with Crippen molar-refractivity contribution in [2.45, 2.75) is 32.2 Å². The highest BCUT2D eigenvalue weighted by Crippen LogP contribution is 2.35. The lowest BCUT2D eigenvalue weighted by molar-refractivity contribution is -0.0328. The van der Waals surface area contributed by atoms with Crippen LogP contribution < -0.4 is 4.90 Å². The third-order valence-corrected chi connectivity index (χ3v) is 7.89. The van der Waals surface area contributed by atoms with Crippen molar-refractivity contribution < 1.29 is 9.13 Å². The fourth-order valence-corrected chi connectivity index (χ4v) is 6.00. The number of anilines is 1. The lowest BCUT2D eigenvalue weighted by atomic mass is 10.0. The highest BCUT2D eigenvalue weighted by Gasteiger charge is 2.29. The molecule has 0 aliphatic carbocycles. The summed E-state index contributed by atoms with van der Waals surface area (Å²) in [6, 6.07) is 22.7. The zero-order chi connectivity index (χ0) is 26.5. The Hall–Kier alpha value is -4.26. The van der Waals surface area contributed by atoms with Gasteiger partial charge in [0.15, 0.2) is 5.82 Å². The van der Waals surface area contributed by atoms with Gasteiger partial charge in [-0.1, -0.05) is 42.5 Å². The van der Waals surface area contributed by atoms with Gasteiger partial charge in [0.1, 0.15) is 17.3 Å². The summed E-state index contributed by atoms with van der Waals surface area (Å²) in [6.45, 7) is 6.74. The Bertz CT molecular complexity index is 1720. The first-order valence-electron chi connectivity index (χ1n) is 13.3. The van der Waals surface area contributed by atoms with E-state index in [0.29, 0.717) is 30.9 Å². The number of morpholine rings is 1. The van der Waals surface area contributed by atoms with E-state index in [1.807, 2.05) is 12.1 Å². The quantitative estimate of drug-likeness (QED) is 0.337. The third kappa shape index (κ3) is 4.13. The molecule has 2 aromatic carbocycles. The summed E-state index contributed by atoms with van der Waals surface area (Å²) in [4.78, 5) is 4.60. The third-order valence-electron chi connectivity index (χ3n) is 7.89. The van der Waals surface area contributed by atoms with Crippen molar-refractivity contribution in [3.8, 4) is 6.07 Å². The van der Waals surface area contributed by atoms with Gasteiger partial charge >= 0.3 is 0 Å². The van der Waals surface area contributed by atoms with E-state index in [1.165, 1.54) is 16.3 Å². The van der Waals surface area contributed by atoms with E-state index in [1.54, 1.807) is 6.07 Å². The molecule has 0 bridgehead atoms. The van der Waals surface area contributed by atoms with Gasteiger partial charge in [-0.25, -0.2) is 8.91 Å². The van der Waals surface area contributed by atoms with E-state index < -0.39 is 5.82 Å². The molecule has 2 aliphatic rings. The Balaban J connectivity index is 1.18. The van der Waals surface area contributed by atoms with Crippen molar-refractivity contribution in [1.29, 1.82) is 5.26 Å². The average molecular weight is 522 g/mol. The maximum absolute atomic E-state index is 14.8. The molecular formula is C30H28FN7O. The molecule has 0 N–H and O–H groups in total. The van der Waals surface area contributed by atoms with Crippen LogP contribution in [0.4, 0.5) is 10.1 Å². The number of ether oxygens (including phenoxy) is 1. The first kappa shape index (κ1) is 23.8. The molecule has 2 atom stereocenters. The highest BCUT2D eigenvalue weighted by molar-refractivity contribution is 5.84. The summed E-state index contributed by atoms with van der Waals surface area (Å²) in [5.41, 5.74) is 5.84. The van der Waals surface area contributed by atoms with Crippen LogP contribution >= 0.6 is 0 Å². The first-order chi connectivity index (χ1) is 19.1. The van der Waals surface area contributed by atoms with E-state index in [0.717, 1.165) is 47.5 Å². The molecule has 0 amide bonds. The van der Waals surface area contributed by atoms with E-state index in [4.69, 9.17) is 9.84 Å². The van der Waals surface area contributed by atoms with Crippen LogP contribution in [0.15, 0.2) is 66.9 Å². The van der Waals surface area contributed by atoms with Crippen molar-refractivity contribution in [2.24, 2.45) is 0 Å². The SMILES string of the molecule is C[C@@H]1CN(c2ccc(C#N)n3ncc(F)c23)Cc2c3ccc(C4CN(Cc5ccccc5)CCO4)cc3nn21. The van der Waals surface area contributed by atoms with E-state index in [2.05, 4.69) is 75.0 Å². The molecule has 7 rings (SSSR count). The van der Waals surface area contributed by atoms with Crippen LogP contribution in [0, 0.1) is 17.1 Å². The van der Waals surface area contributed by atoms with Crippen LogP contribution in [0.5, 0.6) is 0 Å². The van der Waals surface area contributed by atoms with Gasteiger partial charge in [-0.05, 0) is 36.2 Å². The van der Waals surface area contributed by atoms with Crippen molar-refractivity contribution in [2.75, 3.05) is 31.1 Å². The van der Waals surface area contributed by atoms with Gasteiger partial charge in [0.25, 0.3) is 0 Å². The number of rotatable bonds is 4. The van der Waals surface area contributed by atoms with Crippen molar-refractivity contribution in [3.63, 3.8) is 0 Å². The molecule has 2 aliphatic heterocycles. The van der Waals surface area contributed by atoms with E-state index in [-0.39, 0.29) is 12.1 Å². The number of pyridine rings is 1. The van der Waals surface area contributed by atoms with Crippen molar-refractivity contribution in [1.82, 2.24) is 24.3 Å². The van der Waals surface area contributed by atoms with Gasteiger partial charge in [0, 0.05) is 31.6 Å². The molecular weight excluding hydrogens is 493 g/mol. The minimum atomic E-state index is -0.433. The minimum Gasteiger partial charge on any atom is -0.371 e. The smallest absolute Gasteiger partial charge is 0.171 e. The van der Waals surface area contributed by atoms with Crippen LogP contribution in [-0.2, 0) is 17.8 Å². The zero-order valence-electron chi connectivity index (χ0n) is 21.7. The van der Waals surface area contributed by atoms with Gasteiger partial charge in [-0.15, -0.1) is 0 Å². The number of fused-ring (bicyclic) bond motifs is 4. The summed E-state index contributed by atoms with van der Waals surface area (Å²) in [6.07, 6.45) is 1.17. The van der Waals surface area contributed by atoms with Crippen LogP contribution in [0.25, 0.3) is 16.4 Å². The van der Waals surface area contributed by atoms with Crippen LogP contribution in [0.1, 0.15) is 41.6 Å². The Morgan fingerprint density at radius 1 is 1.10 bits per heavy atom. The minimum absolute atomic E-state index is 0.00344. The molecule has 9 heteroatoms. The molecule has 8 nitrogen and oxygen atoms in total. The summed E-state index contributed by atoms with van der Waals surface area (Å²) in [5, 5.41) is 19.6. The molecule has 5 aromatic rings. The first-order valence-corrected chi connectivity index (χ1v) is 13.3. The topological polar surface area (TPSA) is 74.6 Å². The molecule has 196 valence electrons. The number of aromatic nitrogens is 4. The van der Waals surface area contributed by atoms with Crippen LogP contribution in [-0.4, -0.2) is 50.5 Å². The summed E-state index contributed by atoms with van der Waals surface area (Å²) < 4.78 is 24.5. The Labute approximate surface area is 225 Å². The Morgan fingerprint density at radius 2 is 1.97 bits per heavy atom. The molecule has 1 unspecified atom stereocenters. The molecule has 0 radical (unpaired) electrons. The number of nitriles is 1. The Kier molecular flexibility index (Phi) is 5.80. The van der Waals surface area contributed by atoms with Crippen molar-refractivity contribution >= 4 is 22.1 Å². The fourth-order valence-electron chi connectivity index (χ4n) is 6.00. The monoisotopic (exact) mass is 521 g/mol. The standard InChI is InChI=1S/C30H28FN7O/c1-20-16-36(27-10-8-23(14-32)38-30(27)25(31)15-33-38)18-28-24-9-7-22(13-26(24)34-37(20)28)29-19-35(11-12-39-29)17-21-5-3-2-4-6-21/h2-10,13,15,20,29H,11-12,16-19H2,1H3/t20-,29?/m1/s1. The number of hydrogen-bond donors (Lipinski definition) is 0. The summed E-state index contributed by atoms with van der Waals surface area (Å²) >= 11 is 0. The molecule has 5 heterocycles. The normalized spacial score (nSPS) is 19.9. The van der Waals surface area contributed by atoms with Gasteiger partial charge in [-0.2, -0.15) is 15.5 Å².